The first-order valence-corrected chi connectivity index (χ1v) is 7.93. The van der Waals surface area contributed by atoms with Gasteiger partial charge in [-0.2, -0.15) is 0 Å². The van der Waals surface area contributed by atoms with Crippen molar-refractivity contribution >= 4 is 29.9 Å². The van der Waals surface area contributed by atoms with E-state index in [1.54, 1.807) is 0 Å². The number of rotatable bonds is 8. The van der Waals surface area contributed by atoms with E-state index in [0.29, 0.717) is 5.41 Å². The second kappa shape index (κ2) is 9.87. The van der Waals surface area contributed by atoms with E-state index < -0.39 is 0 Å². The molecule has 0 amide bonds. The average Bonchev–Trinajstić information content (AvgIpc) is 2.37. The molecule has 0 aromatic carbocycles. The SMILES string of the molecule is CCCCCC(C)(C)CNC(=NC)NCC1(C)COC1.I. The number of guanidine groups is 1. The maximum Gasteiger partial charge on any atom is 0.191 e. The fourth-order valence-corrected chi connectivity index (χ4v) is 2.34. The van der Waals surface area contributed by atoms with E-state index in [2.05, 4.69) is 43.3 Å². The van der Waals surface area contributed by atoms with Crippen molar-refractivity contribution in [3.63, 3.8) is 0 Å². The van der Waals surface area contributed by atoms with E-state index in [-0.39, 0.29) is 29.4 Å². The summed E-state index contributed by atoms with van der Waals surface area (Å²) in [5, 5.41) is 6.87. The lowest BCUT2D eigenvalue weighted by atomic mass is 9.87. The highest BCUT2D eigenvalue weighted by Crippen LogP contribution is 2.25. The number of hydrogen-bond acceptors (Lipinski definition) is 2. The zero-order valence-corrected chi connectivity index (χ0v) is 16.8. The first-order chi connectivity index (χ1) is 9.41. The third kappa shape index (κ3) is 8.24. The Bertz CT molecular complexity index is 315. The van der Waals surface area contributed by atoms with Crippen molar-refractivity contribution in [2.24, 2.45) is 15.8 Å². The molecule has 4 nitrogen and oxygen atoms in total. The van der Waals surface area contributed by atoms with E-state index in [4.69, 9.17) is 4.74 Å². The van der Waals surface area contributed by atoms with Crippen LogP contribution in [0.5, 0.6) is 0 Å². The van der Waals surface area contributed by atoms with Gasteiger partial charge in [0, 0.05) is 25.6 Å². The monoisotopic (exact) mass is 411 g/mol. The molecule has 21 heavy (non-hydrogen) atoms. The zero-order valence-electron chi connectivity index (χ0n) is 14.4. The van der Waals surface area contributed by atoms with Gasteiger partial charge < -0.3 is 15.4 Å². The van der Waals surface area contributed by atoms with Crippen LogP contribution in [0.1, 0.15) is 53.4 Å². The van der Waals surface area contributed by atoms with Gasteiger partial charge in [0.2, 0.25) is 0 Å². The van der Waals surface area contributed by atoms with Crippen LogP contribution >= 0.6 is 24.0 Å². The number of nitrogens with zero attached hydrogens (tertiary/aromatic N) is 1. The molecule has 0 aromatic heterocycles. The molecular weight excluding hydrogens is 377 g/mol. The van der Waals surface area contributed by atoms with Crippen LogP contribution in [0.15, 0.2) is 4.99 Å². The Kier molecular flexibility index (Phi) is 9.85. The fraction of sp³-hybridized carbons (Fsp3) is 0.938. The van der Waals surface area contributed by atoms with Crippen molar-refractivity contribution in [1.82, 2.24) is 10.6 Å². The van der Waals surface area contributed by atoms with Gasteiger partial charge in [-0.15, -0.1) is 24.0 Å². The van der Waals surface area contributed by atoms with Gasteiger partial charge in [-0.3, -0.25) is 4.99 Å². The molecule has 0 aliphatic carbocycles. The summed E-state index contributed by atoms with van der Waals surface area (Å²) in [7, 11) is 1.83. The molecule has 126 valence electrons. The van der Waals surface area contributed by atoms with Gasteiger partial charge in [0.15, 0.2) is 5.96 Å². The number of hydrogen-bond donors (Lipinski definition) is 2. The Morgan fingerprint density at radius 2 is 1.90 bits per heavy atom. The first kappa shape index (κ1) is 21.0. The van der Waals surface area contributed by atoms with Crippen molar-refractivity contribution in [3.05, 3.63) is 0 Å². The molecular formula is C16H34IN3O. The Morgan fingerprint density at radius 3 is 2.38 bits per heavy atom. The van der Waals surface area contributed by atoms with Crippen LogP contribution in [0.25, 0.3) is 0 Å². The van der Waals surface area contributed by atoms with Gasteiger partial charge in [0.25, 0.3) is 0 Å². The molecule has 0 unspecified atom stereocenters. The quantitative estimate of drug-likeness (QED) is 0.279. The van der Waals surface area contributed by atoms with Gasteiger partial charge in [-0.1, -0.05) is 47.0 Å². The lowest BCUT2D eigenvalue weighted by Crippen LogP contribution is -2.51. The predicted octanol–water partition coefficient (Wildman–Crippen LogP) is 3.41. The summed E-state index contributed by atoms with van der Waals surface area (Å²) in [6, 6.07) is 0. The standard InChI is InChI=1S/C16H33N3O.HI/c1-6-7-8-9-15(2,3)10-18-14(17-5)19-11-16(4)12-20-13-16;/h6-13H2,1-5H3,(H2,17,18,19);1H. The van der Waals surface area contributed by atoms with Crippen LogP contribution in [-0.4, -0.2) is 39.3 Å². The summed E-state index contributed by atoms with van der Waals surface area (Å²) in [5.74, 6) is 0.904. The summed E-state index contributed by atoms with van der Waals surface area (Å²) in [6.45, 7) is 12.7. The van der Waals surface area contributed by atoms with Gasteiger partial charge in [0.1, 0.15) is 0 Å². The molecule has 0 atom stereocenters. The maximum absolute atomic E-state index is 5.27. The molecule has 1 heterocycles. The van der Waals surface area contributed by atoms with Crippen molar-refractivity contribution in [2.75, 3.05) is 33.4 Å². The lowest BCUT2D eigenvalue weighted by Gasteiger charge is -2.38. The minimum atomic E-state index is 0. The Labute approximate surface area is 147 Å². The number of unbranched alkanes of at least 4 members (excludes halogenated alkanes) is 2. The Balaban J connectivity index is 0.00000400. The molecule has 1 aliphatic heterocycles. The number of ether oxygens (including phenoxy) is 1. The van der Waals surface area contributed by atoms with Crippen molar-refractivity contribution < 1.29 is 4.74 Å². The van der Waals surface area contributed by atoms with Crippen molar-refractivity contribution in [3.8, 4) is 0 Å². The number of aliphatic imine (C=N–C) groups is 1. The summed E-state index contributed by atoms with van der Waals surface area (Å²) in [4.78, 5) is 4.30. The second-order valence-corrected chi connectivity index (χ2v) is 7.20. The molecule has 2 N–H and O–H groups in total. The smallest absolute Gasteiger partial charge is 0.191 e. The minimum Gasteiger partial charge on any atom is -0.380 e. The third-order valence-corrected chi connectivity index (χ3v) is 4.00. The van der Waals surface area contributed by atoms with E-state index in [1.807, 2.05) is 7.05 Å². The van der Waals surface area contributed by atoms with Crippen LogP contribution < -0.4 is 10.6 Å². The van der Waals surface area contributed by atoms with E-state index in [1.165, 1.54) is 25.7 Å². The molecule has 1 aliphatic rings. The lowest BCUT2D eigenvalue weighted by molar-refractivity contribution is -0.0971. The van der Waals surface area contributed by atoms with Gasteiger partial charge >= 0.3 is 0 Å². The number of nitrogens with one attached hydrogen (secondary N) is 2. The summed E-state index contributed by atoms with van der Waals surface area (Å²) >= 11 is 0. The summed E-state index contributed by atoms with van der Waals surface area (Å²) < 4.78 is 5.27. The average molecular weight is 411 g/mol. The van der Waals surface area contributed by atoms with E-state index in [0.717, 1.165) is 32.3 Å². The largest absolute Gasteiger partial charge is 0.380 e. The summed E-state index contributed by atoms with van der Waals surface area (Å²) in [5.41, 5.74) is 0.588. The van der Waals surface area contributed by atoms with Crippen molar-refractivity contribution in [2.45, 2.75) is 53.4 Å². The molecule has 0 spiro atoms. The van der Waals surface area contributed by atoms with Gasteiger partial charge in [0.05, 0.1) is 13.2 Å². The van der Waals surface area contributed by atoms with E-state index in [9.17, 15) is 0 Å². The second-order valence-electron chi connectivity index (χ2n) is 7.20. The predicted molar refractivity (Wildman–Crippen MR) is 102 cm³/mol. The van der Waals surface area contributed by atoms with Crippen LogP contribution in [0, 0.1) is 10.8 Å². The van der Waals surface area contributed by atoms with Crippen LogP contribution in [-0.2, 0) is 4.74 Å². The molecule has 0 radical (unpaired) electrons. The first-order valence-electron chi connectivity index (χ1n) is 7.93. The Morgan fingerprint density at radius 1 is 1.24 bits per heavy atom. The van der Waals surface area contributed by atoms with Crippen molar-refractivity contribution in [1.29, 1.82) is 0 Å². The van der Waals surface area contributed by atoms with Gasteiger partial charge in [-0.25, -0.2) is 0 Å². The van der Waals surface area contributed by atoms with Gasteiger partial charge in [-0.05, 0) is 11.8 Å². The van der Waals surface area contributed by atoms with Crippen LogP contribution in [0.3, 0.4) is 0 Å². The molecule has 0 aromatic rings. The number of halogens is 1. The highest BCUT2D eigenvalue weighted by molar-refractivity contribution is 14.0. The zero-order chi connectivity index (χ0) is 15.1. The van der Waals surface area contributed by atoms with Crippen LogP contribution in [0.2, 0.25) is 0 Å². The maximum atomic E-state index is 5.27. The molecule has 0 saturated carbocycles. The summed E-state index contributed by atoms with van der Waals surface area (Å²) in [6.07, 6.45) is 5.19. The molecule has 1 fully saturated rings. The Hall–Kier alpha value is -0.0400. The molecule has 1 saturated heterocycles. The van der Waals surface area contributed by atoms with Crippen LogP contribution in [0.4, 0.5) is 0 Å². The molecule has 1 rings (SSSR count). The van der Waals surface area contributed by atoms with E-state index >= 15 is 0 Å². The highest BCUT2D eigenvalue weighted by atomic mass is 127. The topological polar surface area (TPSA) is 45.7 Å². The fourth-order valence-electron chi connectivity index (χ4n) is 2.34. The third-order valence-electron chi connectivity index (χ3n) is 4.00. The highest BCUT2D eigenvalue weighted by Gasteiger charge is 2.33. The molecule has 5 heteroatoms. The normalized spacial score (nSPS) is 17.7. The minimum absolute atomic E-state index is 0. The molecule has 0 bridgehead atoms.